The number of nitrogens with two attached hydrogens (primary N) is 1. The maximum Gasteiger partial charge on any atom is 0.222 e. The van der Waals surface area contributed by atoms with E-state index < -0.39 is 0 Å². The molecular formula is C15H21FN2O2. The summed E-state index contributed by atoms with van der Waals surface area (Å²) in [5.74, 6) is 0.391. The quantitative estimate of drug-likeness (QED) is 0.891. The Kier molecular flexibility index (Phi) is 4.95. The van der Waals surface area contributed by atoms with Gasteiger partial charge in [-0.1, -0.05) is 6.07 Å². The van der Waals surface area contributed by atoms with Crippen LogP contribution >= 0.6 is 0 Å². The minimum atomic E-state index is -0.387. The van der Waals surface area contributed by atoms with Gasteiger partial charge in [-0.25, -0.2) is 4.39 Å². The Morgan fingerprint density at radius 1 is 1.55 bits per heavy atom. The van der Waals surface area contributed by atoms with Crippen LogP contribution < -0.4 is 10.5 Å². The lowest BCUT2D eigenvalue weighted by molar-refractivity contribution is -0.130. The molecule has 0 radical (unpaired) electrons. The van der Waals surface area contributed by atoms with Crippen molar-refractivity contribution in [1.29, 1.82) is 0 Å². The highest BCUT2D eigenvalue weighted by Gasteiger charge is 2.24. The molecule has 1 amide bonds. The molecule has 1 atom stereocenters. The van der Waals surface area contributed by atoms with Gasteiger partial charge in [0.05, 0.1) is 7.11 Å². The molecule has 1 saturated heterocycles. The third-order valence-electron chi connectivity index (χ3n) is 3.82. The molecule has 1 heterocycles. The zero-order chi connectivity index (χ0) is 14.5. The summed E-state index contributed by atoms with van der Waals surface area (Å²) in [6, 6.07) is 4.82. The van der Waals surface area contributed by atoms with Crippen LogP contribution in [0.25, 0.3) is 0 Å². The number of ether oxygens (including phenoxy) is 1. The summed E-state index contributed by atoms with van der Waals surface area (Å²) in [7, 11) is 1.43. The van der Waals surface area contributed by atoms with Gasteiger partial charge in [0.1, 0.15) is 0 Å². The molecule has 0 aromatic heterocycles. The molecule has 1 aromatic carbocycles. The van der Waals surface area contributed by atoms with Crippen LogP contribution in [-0.4, -0.2) is 37.6 Å². The zero-order valence-corrected chi connectivity index (χ0v) is 11.8. The second kappa shape index (κ2) is 6.70. The average molecular weight is 280 g/mol. The minimum absolute atomic E-state index is 0.122. The van der Waals surface area contributed by atoms with Crippen molar-refractivity contribution in [2.75, 3.05) is 26.7 Å². The fourth-order valence-electron chi connectivity index (χ4n) is 2.53. The van der Waals surface area contributed by atoms with Gasteiger partial charge in [-0.05, 0) is 43.0 Å². The van der Waals surface area contributed by atoms with E-state index in [1.54, 1.807) is 12.1 Å². The van der Waals surface area contributed by atoms with Crippen LogP contribution in [0.2, 0.25) is 0 Å². The minimum Gasteiger partial charge on any atom is -0.494 e. The Balaban J connectivity index is 1.86. The number of hydrogen-bond donors (Lipinski definition) is 1. The van der Waals surface area contributed by atoms with Gasteiger partial charge in [-0.2, -0.15) is 0 Å². The van der Waals surface area contributed by atoms with Gasteiger partial charge in [-0.15, -0.1) is 0 Å². The summed E-state index contributed by atoms with van der Waals surface area (Å²) in [5.41, 5.74) is 6.42. The van der Waals surface area contributed by atoms with Crippen molar-refractivity contribution in [3.05, 3.63) is 29.6 Å². The summed E-state index contributed by atoms with van der Waals surface area (Å²) < 4.78 is 18.4. The molecule has 1 aromatic rings. The fraction of sp³-hybridized carbons (Fsp3) is 0.533. The first-order chi connectivity index (χ1) is 9.63. The van der Waals surface area contributed by atoms with Crippen molar-refractivity contribution in [1.82, 2.24) is 4.90 Å². The summed E-state index contributed by atoms with van der Waals surface area (Å²) >= 11 is 0. The van der Waals surface area contributed by atoms with E-state index in [-0.39, 0.29) is 17.5 Å². The van der Waals surface area contributed by atoms with E-state index in [0.717, 1.165) is 25.1 Å². The number of rotatable bonds is 5. The Labute approximate surface area is 118 Å². The number of halogens is 1. The monoisotopic (exact) mass is 280 g/mol. The molecule has 1 aliphatic heterocycles. The number of methoxy groups -OCH3 is 1. The van der Waals surface area contributed by atoms with Gasteiger partial charge in [0.2, 0.25) is 5.91 Å². The zero-order valence-electron chi connectivity index (χ0n) is 11.8. The number of nitrogens with zero attached hydrogens (tertiary/aromatic N) is 1. The normalized spacial score (nSPS) is 18.4. The molecular weight excluding hydrogens is 259 g/mol. The molecule has 20 heavy (non-hydrogen) atoms. The van der Waals surface area contributed by atoms with Gasteiger partial charge >= 0.3 is 0 Å². The molecule has 0 bridgehead atoms. The van der Waals surface area contributed by atoms with Gasteiger partial charge in [-0.3, -0.25) is 4.79 Å². The van der Waals surface area contributed by atoms with E-state index in [1.165, 1.54) is 13.2 Å². The predicted molar refractivity (Wildman–Crippen MR) is 75.0 cm³/mol. The molecule has 0 spiro atoms. The largest absolute Gasteiger partial charge is 0.494 e. The highest BCUT2D eigenvalue weighted by Crippen LogP contribution is 2.20. The number of carbonyl (C=O) groups excluding carboxylic acids is 1. The van der Waals surface area contributed by atoms with Crippen LogP contribution in [0.5, 0.6) is 5.75 Å². The Morgan fingerprint density at radius 3 is 2.95 bits per heavy atom. The summed E-state index contributed by atoms with van der Waals surface area (Å²) in [5, 5.41) is 0. The van der Waals surface area contributed by atoms with Crippen LogP contribution in [0.3, 0.4) is 0 Å². The maximum absolute atomic E-state index is 13.5. The molecule has 2 rings (SSSR count). The lowest BCUT2D eigenvalue weighted by Crippen LogP contribution is -2.30. The highest BCUT2D eigenvalue weighted by molar-refractivity contribution is 5.76. The predicted octanol–water partition coefficient (Wildman–Crippen LogP) is 1.57. The van der Waals surface area contributed by atoms with Crippen LogP contribution in [0, 0.1) is 11.7 Å². The first-order valence-corrected chi connectivity index (χ1v) is 6.94. The molecule has 1 aliphatic rings. The van der Waals surface area contributed by atoms with E-state index in [9.17, 15) is 9.18 Å². The molecule has 110 valence electrons. The smallest absolute Gasteiger partial charge is 0.222 e. The van der Waals surface area contributed by atoms with Gasteiger partial charge in [0.15, 0.2) is 11.6 Å². The van der Waals surface area contributed by atoms with Crippen molar-refractivity contribution in [2.24, 2.45) is 11.7 Å². The first kappa shape index (κ1) is 14.8. The highest BCUT2D eigenvalue weighted by atomic mass is 19.1. The fourth-order valence-corrected chi connectivity index (χ4v) is 2.53. The van der Waals surface area contributed by atoms with Crippen LogP contribution in [0.4, 0.5) is 4.39 Å². The molecule has 5 heteroatoms. The van der Waals surface area contributed by atoms with Crippen molar-refractivity contribution in [2.45, 2.75) is 19.3 Å². The van der Waals surface area contributed by atoms with Crippen molar-refractivity contribution >= 4 is 5.91 Å². The lowest BCUT2D eigenvalue weighted by Gasteiger charge is -2.16. The maximum atomic E-state index is 13.5. The number of aryl methyl sites for hydroxylation is 1. The second-order valence-electron chi connectivity index (χ2n) is 5.20. The van der Waals surface area contributed by atoms with Crippen molar-refractivity contribution in [3.63, 3.8) is 0 Å². The van der Waals surface area contributed by atoms with E-state index in [4.69, 9.17) is 10.5 Å². The van der Waals surface area contributed by atoms with E-state index in [0.29, 0.717) is 25.3 Å². The van der Waals surface area contributed by atoms with Crippen LogP contribution in [0.15, 0.2) is 18.2 Å². The number of hydrogen-bond acceptors (Lipinski definition) is 3. The molecule has 0 aliphatic carbocycles. The topological polar surface area (TPSA) is 55.6 Å². The lowest BCUT2D eigenvalue weighted by atomic mass is 10.1. The Hall–Kier alpha value is -1.62. The summed E-state index contributed by atoms with van der Waals surface area (Å²) in [6.07, 6.45) is 1.94. The molecule has 2 N–H and O–H groups in total. The standard InChI is InChI=1S/C15H21FN2O2/c1-20-14-4-2-11(8-13(14)16)3-5-15(19)18-7-6-12(9-17)10-18/h2,4,8,12H,3,5-7,9-10,17H2,1H3/t12-/m1/s1. The Bertz CT molecular complexity index is 479. The molecule has 4 nitrogen and oxygen atoms in total. The van der Waals surface area contributed by atoms with Gasteiger partial charge in [0, 0.05) is 19.5 Å². The van der Waals surface area contributed by atoms with E-state index >= 15 is 0 Å². The SMILES string of the molecule is COc1ccc(CCC(=O)N2CC[C@H](CN)C2)cc1F. The van der Waals surface area contributed by atoms with E-state index in [1.807, 2.05) is 4.90 Å². The number of likely N-dealkylation sites (tertiary alicyclic amines) is 1. The third-order valence-corrected chi connectivity index (χ3v) is 3.82. The van der Waals surface area contributed by atoms with Gasteiger partial charge in [0.25, 0.3) is 0 Å². The first-order valence-electron chi connectivity index (χ1n) is 6.94. The summed E-state index contributed by atoms with van der Waals surface area (Å²) in [4.78, 5) is 13.9. The molecule has 0 unspecified atom stereocenters. The number of benzene rings is 1. The van der Waals surface area contributed by atoms with Crippen LogP contribution in [0.1, 0.15) is 18.4 Å². The number of carbonyl (C=O) groups is 1. The second-order valence-corrected chi connectivity index (χ2v) is 5.20. The van der Waals surface area contributed by atoms with E-state index in [2.05, 4.69) is 0 Å². The van der Waals surface area contributed by atoms with Crippen LogP contribution in [-0.2, 0) is 11.2 Å². The van der Waals surface area contributed by atoms with Gasteiger partial charge < -0.3 is 15.4 Å². The average Bonchev–Trinajstić information content (AvgIpc) is 2.94. The Morgan fingerprint density at radius 2 is 2.35 bits per heavy atom. The molecule has 0 saturated carbocycles. The van der Waals surface area contributed by atoms with Crippen molar-refractivity contribution in [3.8, 4) is 5.75 Å². The molecule has 1 fully saturated rings. The number of amides is 1. The third kappa shape index (κ3) is 3.48. The summed E-state index contributed by atoms with van der Waals surface area (Å²) in [6.45, 7) is 2.18. The van der Waals surface area contributed by atoms with Crippen molar-refractivity contribution < 1.29 is 13.9 Å².